The van der Waals surface area contributed by atoms with Crippen molar-refractivity contribution in [3.63, 3.8) is 0 Å². The van der Waals surface area contributed by atoms with Crippen molar-refractivity contribution >= 4 is 29.0 Å². The Hall–Kier alpha value is -3.52. The van der Waals surface area contributed by atoms with Gasteiger partial charge in [0.15, 0.2) is 0 Å². The molecule has 3 N–H and O–H groups in total. The summed E-state index contributed by atoms with van der Waals surface area (Å²) in [6, 6.07) is 15.6. The molecule has 3 rings (SSSR count). The average molecular weight is 594 g/mol. The summed E-state index contributed by atoms with van der Waals surface area (Å²) >= 11 is 1.55. The first-order chi connectivity index (χ1) is 19.4. The number of carbonyl (C=O) groups is 1. The normalized spacial score (nSPS) is 12.7. The van der Waals surface area contributed by atoms with E-state index in [2.05, 4.69) is 46.5 Å². The first kappa shape index (κ1) is 33.0. The predicted octanol–water partition coefficient (Wildman–Crippen LogP) is 7.94. The van der Waals surface area contributed by atoms with Crippen molar-refractivity contribution in [3.8, 4) is 11.5 Å². The monoisotopic (exact) mass is 593 g/mol. The summed E-state index contributed by atoms with van der Waals surface area (Å²) in [5.74, 6) is 1.47. The Morgan fingerprint density at radius 2 is 1.52 bits per heavy atom. The van der Waals surface area contributed by atoms with E-state index in [-0.39, 0.29) is 23.5 Å². The third-order valence-electron chi connectivity index (χ3n) is 6.61. The second kappa shape index (κ2) is 13.2. The number of rotatable bonds is 9. The van der Waals surface area contributed by atoms with Gasteiger partial charge in [0.05, 0.1) is 17.1 Å². The Morgan fingerprint density at radius 1 is 0.929 bits per heavy atom. The molecule has 7 nitrogen and oxygen atoms in total. The van der Waals surface area contributed by atoms with Gasteiger partial charge in [0.2, 0.25) is 0 Å². The number of nitrogens with two attached hydrogens (primary N) is 1. The summed E-state index contributed by atoms with van der Waals surface area (Å²) in [4.78, 5) is 20.2. The van der Waals surface area contributed by atoms with Crippen molar-refractivity contribution < 1.29 is 19.4 Å². The summed E-state index contributed by atoms with van der Waals surface area (Å²) in [5, 5.41) is 13.0. The lowest BCUT2D eigenvalue weighted by atomic mass is 9.79. The molecule has 228 valence electrons. The summed E-state index contributed by atoms with van der Waals surface area (Å²) in [5.41, 5.74) is 8.50. The van der Waals surface area contributed by atoms with Crippen LogP contribution in [-0.4, -0.2) is 47.2 Å². The van der Waals surface area contributed by atoms with E-state index < -0.39 is 5.60 Å². The van der Waals surface area contributed by atoms with Crippen LogP contribution in [0.25, 0.3) is 0 Å². The van der Waals surface area contributed by atoms with Crippen LogP contribution in [-0.2, 0) is 22.0 Å². The first-order valence-corrected chi connectivity index (χ1v) is 15.3. The van der Waals surface area contributed by atoms with Gasteiger partial charge in [-0.2, -0.15) is 0 Å². The molecule has 0 bridgehead atoms. The fraction of sp³-hybridized carbons (Fsp3) is 0.471. The van der Waals surface area contributed by atoms with E-state index in [4.69, 9.17) is 15.2 Å². The van der Waals surface area contributed by atoms with Gasteiger partial charge >= 0.3 is 6.09 Å². The quantitative estimate of drug-likeness (QED) is 0.194. The van der Waals surface area contributed by atoms with Crippen LogP contribution >= 0.6 is 11.3 Å². The molecular formula is C34H47N3O4S. The second-order valence-electron chi connectivity index (χ2n) is 13.6. The summed E-state index contributed by atoms with van der Waals surface area (Å²) in [7, 11) is 0. The molecular weight excluding hydrogens is 546 g/mol. The van der Waals surface area contributed by atoms with Crippen LogP contribution in [0.4, 0.5) is 10.5 Å². The highest BCUT2D eigenvalue weighted by Crippen LogP contribution is 2.41. The van der Waals surface area contributed by atoms with Gasteiger partial charge in [-0.3, -0.25) is 0 Å². The number of ether oxygens (including phenoxy) is 2. The molecule has 0 saturated heterocycles. The van der Waals surface area contributed by atoms with Crippen LogP contribution in [0.1, 0.15) is 83.9 Å². The molecule has 0 radical (unpaired) electrons. The van der Waals surface area contributed by atoms with Gasteiger partial charge in [-0.25, -0.2) is 9.79 Å². The van der Waals surface area contributed by atoms with Gasteiger partial charge in [-0.1, -0.05) is 59.7 Å². The standard InChI is InChI=1S/C34H47N3O4S/c1-32(2,3)26-21-25(22-27(29(26)38)33(4,5)6)40-19-18-37(31(39)41-34(7,8)9)17-16-23-12-14-24(15-13-23)36-30(35)28-11-10-20-42-28/h10-15,20-22,38H,16-19H2,1-9H3,(H2,35,36). The summed E-state index contributed by atoms with van der Waals surface area (Å²) < 4.78 is 11.9. The number of thiophene rings is 1. The van der Waals surface area contributed by atoms with Crippen LogP contribution in [0, 0.1) is 0 Å². The maximum absolute atomic E-state index is 13.1. The van der Waals surface area contributed by atoms with Crippen molar-refractivity contribution in [3.05, 3.63) is 75.5 Å². The van der Waals surface area contributed by atoms with E-state index in [1.807, 2.05) is 74.7 Å². The zero-order valence-corrected chi connectivity index (χ0v) is 27.4. The summed E-state index contributed by atoms with van der Waals surface area (Å²) in [6.07, 6.45) is 0.262. The minimum Gasteiger partial charge on any atom is -0.507 e. The van der Waals surface area contributed by atoms with Gasteiger partial charge < -0.3 is 25.2 Å². The van der Waals surface area contributed by atoms with Crippen molar-refractivity contribution in [2.24, 2.45) is 10.7 Å². The lowest BCUT2D eigenvalue weighted by Gasteiger charge is -2.29. The molecule has 3 aromatic rings. The van der Waals surface area contributed by atoms with Crippen molar-refractivity contribution in [1.82, 2.24) is 4.90 Å². The maximum atomic E-state index is 13.1. The molecule has 42 heavy (non-hydrogen) atoms. The Balaban J connectivity index is 1.72. The zero-order valence-electron chi connectivity index (χ0n) is 26.6. The van der Waals surface area contributed by atoms with E-state index in [0.717, 1.165) is 27.3 Å². The largest absolute Gasteiger partial charge is 0.507 e. The fourth-order valence-electron chi connectivity index (χ4n) is 4.35. The van der Waals surface area contributed by atoms with Crippen molar-refractivity contribution in [1.29, 1.82) is 0 Å². The number of amides is 1. The number of hydrogen-bond acceptors (Lipinski definition) is 6. The first-order valence-electron chi connectivity index (χ1n) is 14.4. The van der Waals surface area contributed by atoms with Crippen LogP contribution in [0.3, 0.4) is 0 Å². The Labute approximate surface area is 255 Å². The molecule has 2 aromatic carbocycles. The molecule has 0 aliphatic heterocycles. The number of phenolic OH excluding ortho intramolecular Hbond substituents is 1. The molecule has 0 aliphatic carbocycles. The molecule has 0 spiro atoms. The minimum atomic E-state index is -0.613. The highest BCUT2D eigenvalue weighted by molar-refractivity contribution is 7.12. The van der Waals surface area contributed by atoms with Crippen LogP contribution in [0.5, 0.6) is 11.5 Å². The van der Waals surface area contributed by atoms with Gasteiger partial charge in [-0.15, -0.1) is 11.3 Å². The van der Waals surface area contributed by atoms with Gasteiger partial charge in [0.25, 0.3) is 0 Å². The van der Waals surface area contributed by atoms with E-state index >= 15 is 0 Å². The van der Waals surface area contributed by atoms with Gasteiger partial charge in [0, 0.05) is 17.7 Å². The third kappa shape index (κ3) is 9.51. The molecule has 0 saturated carbocycles. The zero-order chi connectivity index (χ0) is 31.3. The van der Waals surface area contributed by atoms with Crippen LogP contribution in [0.15, 0.2) is 58.9 Å². The molecule has 0 unspecified atom stereocenters. The lowest BCUT2D eigenvalue weighted by Crippen LogP contribution is -2.40. The van der Waals surface area contributed by atoms with Crippen molar-refractivity contribution in [2.45, 2.75) is 85.2 Å². The Morgan fingerprint density at radius 3 is 2.02 bits per heavy atom. The fourth-order valence-corrected chi connectivity index (χ4v) is 4.98. The van der Waals surface area contributed by atoms with Crippen LogP contribution < -0.4 is 10.5 Å². The molecule has 1 heterocycles. The predicted molar refractivity (Wildman–Crippen MR) is 174 cm³/mol. The van der Waals surface area contributed by atoms with E-state index in [9.17, 15) is 9.90 Å². The maximum Gasteiger partial charge on any atom is 0.410 e. The van der Waals surface area contributed by atoms with Crippen LogP contribution in [0.2, 0.25) is 0 Å². The smallest absolute Gasteiger partial charge is 0.410 e. The molecule has 0 aliphatic rings. The number of hydrogen-bond donors (Lipinski definition) is 2. The SMILES string of the molecule is CC(C)(C)OC(=O)N(CCOc1cc(C(C)(C)C)c(O)c(C(C)(C)C)c1)CCc1ccc(/N=C(\N)c2cccs2)cc1. The molecule has 8 heteroatoms. The van der Waals surface area contributed by atoms with Gasteiger partial charge in [-0.05, 0) is 79.3 Å². The van der Waals surface area contributed by atoms with E-state index in [1.165, 1.54) is 0 Å². The average Bonchev–Trinajstić information content (AvgIpc) is 3.40. The van der Waals surface area contributed by atoms with Gasteiger partial charge in [0.1, 0.15) is 29.5 Å². The molecule has 1 amide bonds. The molecule has 0 atom stereocenters. The van der Waals surface area contributed by atoms with E-state index in [1.54, 1.807) is 16.2 Å². The highest BCUT2D eigenvalue weighted by Gasteiger charge is 2.27. The number of nitrogens with zero attached hydrogens (tertiary/aromatic N) is 2. The number of aromatic hydroxyl groups is 1. The topological polar surface area (TPSA) is 97.4 Å². The van der Waals surface area contributed by atoms with E-state index in [0.29, 0.717) is 36.8 Å². The number of phenols is 1. The highest BCUT2D eigenvalue weighted by atomic mass is 32.1. The summed E-state index contributed by atoms with van der Waals surface area (Å²) in [6.45, 7) is 19.1. The minimum absolute atomic E-state index is 0.261. The number of benzene rings is 2. The molecule has 0 fully saturated rings. The second-order valence-corrected chi connectivity index (χ2v) is 14.5. The Kier molecular flexibility index (Phi) is 10.4. The number of amidine groups is 1. The Bertz CT molecular complexity index is 1320. The number of aliphatic imine (C=N–C) groups is 1. The molecule has 1 aromatic heterocycles. The lowest BCUT2D eigenvalue weighted by molar-refractivity contribution is 0.0228. The van der Waals surface area contributed by atoms with Crippen molar-refractivity contribution in [2.75, 3.05) is 19.7 Å². The third-order valence-corrected chi connectivity index (χ3v) is 7.50. The number of carbonyl (C=O) groups excluding carboxylic acids is 1.